The molecule has 0 aliphatic carbocycles. The van der Waals surface area contributed by atoms with Crippen LogP contribution in [0.15, 0.2) is 6.20 Å². The lowest BCUT2D eigenvalue weighted by molar-refractivity contribution is -0.140. The fourth-order valence-electron chi connectivity index (χ4n) is 1.01. The van der Waals surface area contributed by atoms with Crippen molar-refractivity contribution >= 4 is 5.97 Å². The van der Waals surface area contributed by atoms with Gasteiger partial charge < -0.3 is 4.74 Å². The maximum absolute atomic E-state index is 10.8. The molecule has 0 bridgehead atoms. The van der Waals surface area contributed by atoms with Gasteiger partial charge in [0.05, 0.1) is 19.0 Å². The second-order valence-corrected chi connectivity index (χ2v) is 2.78. The molecule has 0 aliphatic heterocycles. The maximum atomic E-state index is 10.8. The molecule has 1 aromatic rings. The minimum Gasteiger partial charge on any atom is -0.469 e. The fraction of sp³-hybridized carbons (Fsp3) is 0.700. The second-order valence-electron chi connectivity index (χ2n) is 2.78. The van der Waals surface area contributed by atoms with Crippen LogP contribution < -0.4 is 0 Å². The van der Waals surface area contributed by atoms with Gasteiger partial charge in [-0.2, -0.15) is 0 Å². The number of rotatable bonds is 4. The van der Waals surface area contributed by atoms with Gasteiger partial charge in [0.25, 0.3) is 0 Å². The van der Waals surface area contributed by atoms with E-state index in [9.17, 15) is 4.79 Å². The monoisotopic (exact) mass is 213 g/mol. The van der Waals surface area contributed by atoms with Crippen molar-refractivity contribution in [2.24, 2.45) is 0 Å². The van der Waals surface area contributed by atoms with E-state index in [0.29, 0.717) is 13.0 Å². The highest BCUT2D eigenvalue weighted by molar-refractivity contribution is 5.68. The summed E-state index contributed by atoms with van der Waals surface area (Å²) in [5, 5.41) is 7.59. The number of carbonyl (C=O) groups excluding carboxylic acids is 1. The van der Waals surface area contributed by atoms with E-state index in [4.69, 9.17) is 0 Å². The number of hydrogen-bond acceptors (Lipinski definition) is 4. The lowest BCUT2D eigenvalue weighted by Crippen LogP contribution is -2.06. The average molecular weight is 213 g/mol. The zero-order valence-electron chi connectivity index (χ0n) is 9.86. The predicted molar refractivity (Wildman–Crippen MR) is 57.4 cm³/mol. The predicted octanol–water partition coefficient (Wildman–Crippen LogP) is 1.57. The molecule has 0 atom stereocenters. The Morgan fingerprint density at radius 2 is 2.20 bits per heavy atom. The van der Waals surface area contributed by atoms with Crippen LogP contribution in [0.3, 0.4) is 0 Å². The molecule has 5 heteroatoms. The summed E-state index contributed by atoms with van der Waals surface area (Å²) in [6.07, 6.45) is 2.85. The third-order valence-electron chi connectivity index (χ3n) is 1.79. The second kappa shape index (κ2) is 7.96. The summed E-state index contributed by atoms with van der Waals surface area (Å²) in [5.41, 5.74) is 1.00. The molecular formula is C10H19N3O2. The number of methoxy groups -OCH3 is 1. The molecule has 1 rings (SSSR count). The first-order valence-electron chi connectivity index (χ1n) is 5.16. The summed E-state index contributed by atoms with van der Waals surface area (Å²) in [4.78, 5) is 10.8. The number of carbonyl (C=O) groups is 1. The number of ether oxygens (including phenoxy) is 1. The zero-order valence-corrected chi connectivity index (χ0v) is 9.86. The van der Waals surface area contributed by atoms with Crippen molar-refractivity contribution < 1.29 is 9.53 Å². The SMILES string of the molecule is CC.COC(=O)CCCn1nncc1C. The molecule has 0 saturated carbocycles. The first-order valence-corrected chi connectivity index (χ1v) is 5.16. The van der Waals surface area contributed by atoms with Crippen LogP contribution in [-0.4, -0.2) is 28.1 Å². The largest absolute Gasteiger partial charge is 0.469 e. The highest BCUT2D eigenvalue weighted by Crippen LogP contribution is 1.98. The zero-order chi connectivity index (χ0) is 11.7. The van der Waals surface area contributed by atoms with Gasteiger partial charge in [0.1, 0.15) is 0 Å². The number of aryl methyl sites for hydroxylation is 2. The average Bonchev–Trinajstić information content (AvgIpc) is 2.67. The minimum atomic E-state index is -0.183. The summed E-state index contributed by atoms with van der Waals surface area (Å²) in [5.74, 6) is -0.183. The standard InChI is InChI=1S/C8H13N3O2.C2H6/c1-7-6-9-10-11(7)5-3-4-8(12)13-2;1-2/h6H,3-5H2,1-2H3;1-2H3. The molecule has 86 valence electrons. The molecule has 0 radical (unpaired) electrons. The molecule has 0 fully saturated rings. The van der Waals surface area contributed by atoms with E-state index in [0.717, 1.165) is 12.1 Å². The summed E-state index contributed by atoms with van der Waals surface area (Å²) in [6.45, 7) is 6.64. The number of nitrogens with zero attached hydrogens (tertiary/aromatic N) is 3. The molecule has 0 aromatic carbocycles. The van der Waals surface area contributed by atoms with E-state index < -0.39 is 0 Å². The molecule has 0 spiro atoms. The van der Waals surface area contributed by atoms with Crippen LogP contribution in [0.2, 0.25) is 0 Å². The minimum absolute atomic E-state index is 0.183. The highest BCUT2D eigenvalue weighted by Gasteiger charge is 2.01. The van der Waals surface area contributed by atoms with Gasteiger partial charge in [-0.3, -0.25) is 4.79 Å². The van der Waals surface area contributed by atoms with Gasteiger partial charge in [-0.05, 0) is 13.3 Å². The van der Waals surface area contributed by atoms with Gasteiger partial charge in [0.2, 0.25) is 0 Å². The Hall–Kier alpha value is -1.39. The van der Waals surface area contributed by atoms with E-state index in [1.54, 1.807) is 10.9 Å². The third-order valence-corrected chi connectivity index (χ3v) is 1.79. The molecule has 0 saturated heterocycles. The van der Waals surface area contributed by atoms with E-state index >= 15 is 0 Å². The smallest absolute Gasteiger partial charge is 0.305 e. The normalized spacial score (nSPS) is 9.07. The Bertz CT molecular complexity index is 284. The van der Waals surface area contributed by atoms with Gasteiger partial charge >= 0.3 is 5.97 Å². The van der Waals surface area contributed by atoms with Crippen LogP contribution in [0.25, 0.3) is 0 Å². The van der Waals surface area contributed by atoms with Crippen molar-refractivity contribution in [3.63, 3.8) is 0 Å². The molecule has 1 aromatic heterocycles. The molecule has 0 unspecified atom stereocenters. The number of hydrogen-bond donors (Lipinski definition) is 0. The molecule has 5 nitrogen and oxygen atoms in total. The van der Waals surface area contributed by atoms with Crippen LogP contribution >= 0.6 is 0 Å². The molecular weight excluding hydrogens is 194 g/mol. The van der Waals surface area contributed by atoms with Crippen molar-refractivity contribution in [2.45, 2.75) is 40.2 Å². The van der Waals surface area contributed by atoms with E-state index in [2.05, 4.69) is 15.0 Å². The topological polar surface area (TPSA) is 57.0 Å². The quantitative estimate of drug-likeness (QED) is 0.712. The first-order chi connectivity index (χ1) is 7.24. The highest BCUT2D eigenvalue weighted by atomic mass is 16.5. The van der Waals surface area contributed by atoms with E-state index in [1.807, 2.05) is 20.8 Å². The summed E-state index contributed by atoms with van der Waals surface area (Å²) >= 11 is 0. The number of aromatic nitrogens is 3. The van der Waals surface area contributed by atoms with Gasteiger partial charge in [-0.1, -0.05) is 19.1 Å². The lowest BCUT2D eigenvalue weighted by atomic mass is 10.3. The van der Waals surface area contributed by atoms with Crippen LogP contribution in [0.4, 0.5) is 0 Å². The van der Waals surface area contributed by atoms with Crippen LogP contribution in [0, 0.1) is 6.92 Å². The van der Waals surface area contributed by atoms with Crippen LogP contribution in [0.5, 0.6) is 0 Å². The Morgan fingerprint density at radius 3 is 2.67 bits per heavy atom. The van der Waals surface area contributed by atoms with Crippen molar-refractivity contribution in [1.29, 1.82) is 0 Å². The molecule has 0 amide bonds. The number of esters is 1. The van der Waals surface area contributed by atoms with Gasteiger partial charge in [-0.25, -0.2) is 4.68 Å². The van der Waals surface area contributed by atoms with E-state index in [-0.39, 0.29) is 5.97 Å². The first kappa shape index (κ1) is 13.6. The molecule has 1 heterocycles. The molecule has 0 aliphatic rings. The molecule has 0 N–H and O–H groups in total. The lowest BCUT2D eigenvalue weighted by Gasteiger charge is -2.01. The Labute approximate surface area is 90.4 Å². The van der Waals surface area contributed by atoms with Crippen molar-refractivity contribution in [3.8, 4) is 0 Å². The third kappa shape index (κ3) is 5.15. The summed E-state index contributed by atoms with van der Waals surface area (Å²) in [7, 11) is 1.39. The van der Waals surface area contributed by atoms with Gasteiger partial charge in [-0.15, -0.1) is 5.10 Å². The van der Waals surface area contributed by atoms with Crippen molar-refractivity contribution in [3.05, 3.63) is 11.9 Å². The molecule has 15 heavy (non-hydrogen) atoms. The Morgan fingerprint density at radius 1 is 1.53 bits per heavy atom. The van der Waals surface area contributed by atoms with Gasteiger partial charge in [0.15, 0.2) is 0 Å². The Kier molecular flexibility index (Phi) is 7.23. The van der Waals surface area contributed by atoms with Crippen molar-refractivity contribution in [1.82, 2.24) is 15.0 Å². The van der Waals surface area contributed by atoms with E-state index in [1.165, 1.54) is 7.11 Å². The van der Waals surface area contributed by atoms with Crippen molar-refractivity contribution in [2.75, 3.05) is 7.11 Å². The van der Waals surface area contributed by atoms with Crippen LogP contribution in [-0.2, 0) is 16.1 Å². The maximum Gasteiger partial charge on any atom is 0.305 e. The summed E-state index contributed by atoms with van der Waals surface area (Å²) in [6, 6.07) is 0. The Balaban J connectivity index is 0.000000921. The van der Waals surface area contributed by atoms with Gasteiger partial charge in [0, 0.05) is 13.0 Å². The fourth-order valence-corrected chi connectivity index (χ4v) is 1.01. The summed E-state index contributed by atoms with van der Waals surface area (Å²) < 4.78 is 6.28. The van der Waals surface area contributed by atoms with Crippen LogP contribution in [0.1, 0.15) is 32.4 Å².